The number of para-hydroxylation sites is 3. The van der Waals surface area contributed by atoms with Crippen LogP contribution in [-0.2, 0) is 0 Å². The minimum atomic E-state index is -0.405. The van der Waals surface area contributed by atoms with Crippen molar-refractivity contribution in [2.75, 3.05) is 10.6 Å². The van der Waals surface area contributed by atoms with E-state index in [0.29, 0.717) is 22.5 Å². The Balaban J connectivity index is 1.26. The highest BCUT2D eigenvalue weighted by Gasteiger charge is 2.17. The first-order valence-electron chi connectivity index (χ1n) is 10.5. The maximum Gasteiger partial charge on any atom is 0.276 e. The first kappa shape index (κ1) is 19.6. The zero-order valence-electron chi connectivity index (χ0n) is 17.7. The highest BCUT2D eigenvalue weighted by molar-refractivity contribution is 6.12. The van der Waals surface area contributed by atoms with E-state index in [1.807, 2.05) is 48.5 Å². The molecule has 9 nitrogen and oxygen atoms in total. The molecule has 3 aromatic heterocycles. The van der Waals surface area contributed by atoms with Gasteiger partial charge in [0.05, 0.1) is 22.1 Å². The molecule has 0 radical (unpaired) electrons. The first-order valence-corrected chi connectivity index (χ1v) is 10.5. The first-order chi connectivity index (χ1) is 16.6. The summed E-state index contributed by atoms with van der Waals surface area (Å²) in [5, 5.41) is 7.36. The fourth-order valence-corrected chi connectivity index (χ4v) is 3.84. The molecule has 0 atom stereocenters. The molecule has 0 spiro atoms. The van der Waals surface area contributed by atoms with Gasteiger partial charge in [-0.3, -0.25) is 25.2 Å². The molecule has 0 fully saturated rings. The summed E-state index contributed by atoms with van der Waals surface area (Å²) in [5.74, 6) is -0.211. The quantitative estimate of drug-likeness (QED) is 0.316. The van der Waals surface area contributed by atoms with Crippen LogP contribution in [0.4, 0.5) is 11.9 Å². The van der Waals surface area contributed by atoms with Crippen molar-refractivity contribution < 1.29 is 9.59 Å². The van der Waals surface area contributed by atoms with Crippen LogP contribution in [0.15, 0.2) is 79.0 Å². The van der Waals surface area contributed by atoms with Gasteiger partial charge in [0, 0.05) is 11.6 Å². The Labute approximate surface area is 192 Å². The second-order valence-electron chi connectivity index (χ2n) is 7.71. The number of pyridine rings is 1. The lowest BCUT2D eigenvalue weighted by molar-refractivity contribution is 0.101. The van der Waals surface area contributed by atoms with Gasteiger partial charge in [0.2, 0.25) is 11.9 Å². The van der Waals surface area contributed by atoms with Crippen LogP contribution in [0.2, 0.25) is 0 Å². The smallest absolute Gasteiger partial charge is 0.276 e. The summed E-state index contributed by atoms with van der Waals surface area (Å²) in [4.78, 5) is 44.9. The number of carbonyl (C=O) groups excluding carboxylic acids is 2. The van der Waals surface area contributed by atoms with Gasteiger partial charge in [-0.25, -0.2) is 9.97 Å². The standard InChI is InChI=1S/C25H17N7O2/c33-22(31-24-27-17-9-3-4-10-18(17)28-24)16-8-5-11-19-21(16)30-25(29-19)32-23(34)20-12-14-6-1-2-7-15(14)13-26-20/h1-13H,(H2,27,28,31,33)(H2,29,30,32,34). The summed E-state index contributed by atoms with van der Waals surface area (Å²) >= 11 is 0. The minimum Gasteiger partial charge on any atom is -0.324 e. The number of benzene rings is 3. The van der Waals surface area contributed by atoms with Crippen molar-refractivity contribution in [1.29, 1.82) is 0 Å². The molecular weight excluding hydrogens is 430 g/mol. The van der Waals surface area contributed by atoms with E-state index in [1.54, 1.807) is 30.5 Å². The van der Waals surface area contributed by atoms with E-state index in [1.165, 1.54) is 0 Å². The third-order valence-electron chi connectivity index (χ3n) is 5.47. The molecule has 4 N–H and O–H groups in total. The Morgan fingerprint density at radius 2 is 1.41 bits per heavy atom. The summed E-state index contributed by atoms with van der Waals surface area (Å²) in [6.07, 6.45) is 1.66. The van der Waals surface area contributed by atoms with Gasteiger partial charge in [-0.15, -0.1) is 0 Å². The monoisotopic (exact) mass is 447 g/mol. The molecule has 0 aliphatic carbocycles. The summed E-state index contributed by atoms with van der Waals surface area (Å²) in [6, 6.07) is 22.1. The Morgan fingerprint density at radius 3 is 2.29 bits per heavy atom. The molecule has 34 heavy (non-hydrogen) atoms. The summed E-state index contributed by atoms with van der Waals surface area (Å²) in [6.45, 7) is 0. The van der Waals surface area contributed by atoms with Crippen LogP contribution in [0, 0.1) is 0 Å². The molecule has 6 aromatic rings. The number of fused-ring (bicyclic) bond motifs is 3. The number of anilines is 2. The van der Waals surface area contributed by atoms with Gasteiger partial charge in [0.15, 0.2) is 0 Å². The molecule has 3 aromatic carbocycles. The number of imidazole rings is 2. The van der Waals surface area contributed by atoms with Gasteiger partial charge in [0.1, 0.15) is 11.2 Å². The Bertz CT molecular complexity index is 1680. The van der Waals surface area contributed by atoms with Crippen LogP contribution in [0.3, 0.4) is 0 Å². The topological polar surface area (TPSA) is 128 Å². The molecule has 0 aliphatic rings. The van der Waals surface area contributed by atoms with Crippen molar-refractivity contribution >= 4 is 56.6 Å². The normalized spacial score (nSPS) is 11.2. The van der Waals surface area contributed by atoms with Crippen molar-refractivity contribution in [3.63, 3.8) is 0 Å². The van der Waals surface area contributed by atoms with E-state index in [9.17, 15) is 9.59 Å². The van der Waals surface area contributed by atoms with E-state index < -0.39 is 5.91 Å². The molecule has 0 bridgehead atoms. The van der Waals surface area contributed by atoms with Crippen molar-refractivity contribution in [3.05, 3.63) is 90.3 Å². The van der Waals surface area contributed by atoms with Crippen LogP contribution in [0.5, 0.6) is 0 Å². The van der Waals surface area contributed by atoms with Crippen molar-refractivity contribution in [2.45, 2.75) is 0 Å². The average Bonchev–Trinajstić information content (AvgIpc) is 3.46. The maximum absolute atomic E-state index is 13.0. The molecular formula is C25H17N7O2. The number of nitrogens with zero attached hydrogens (tertiary/aromatic N) is 3. The van der Waals surface area contributed by atoms with E-state index in [4.69, 9.17) is 0 Å². The van der Waals surface area contributed by atoms with E-state index >= 15 is 0 Å². The molecule has 0 unspecified atom stereocenters. The Hall–Kier alpha value is -5.05. The van der Waals surface area contributed by atoms with Gasteiger partial charge < -0.3 is 9.97 Å². The van der Waals surface area contributed by atoms with Crippen LogP contribution < -0.4 is 10.6 Å². The van der Waals surface area contributed by atoms with E-state index in [2.05, 4.69) is 35.6 Å². The number of rotatable bonds is 4. The lowest BCUT2D eigenvalue weighted by atomic mass is 10.1. The van der Waals surface area contributed by atoms with Gasteiger partial charge >= 0.3 is 0 Å². The van der Waals surface area contributed by atoms with E-state index in [-0.39, 0.29) is 17.5 Å². The maximum atomic E-state index is 13.0. The number of aromatic nitrogens is 5. The zero-order chi connectivity index (χ0) is 23.1. The number of hydrogen-bond donors (Lipinski definition) is 4. The molecule has 0 aliphatic heterocycles. The molecule has 2 amide bonds. The number of hydrogen-bond acceptors (Lipinski definition) is 5. The van der Waals surface area contributed by atoms with Crippen LogP contribution in [-0.4, -0.2) is 36.7 Å². The van der Waals surface area contributed by atoms with Crippen molar-refractivity contribution in [2.24, 2.45) is 0 Å². The molecule has 164 valence electrons. The van der Waals surface area contributed by atoms with Crippen LogP contribution in [0.1, 0.15) is 20.8 Å². The fourth-order valence-electron chi connectivity index (χ4n) is 3.84. The third kappa shape index (κ3) is 3.51. The summed E-state index contributed by atoms with van der Waals surface area (Å²) in [5.41, 5.74) is 3.23. The highest BCUT2D eigenvalue weighted by atomic mass is 16.2. The largest absolute Gasteiger partial charge is 0.324 e. The van der Waals surface area contributed by atoms with Crippen LogP contribution >= 0.6 is 0 Å². The van der Waals surface area contributed by atoms with E-state index in [0.717, 1.165) is 21.8 Å². The SMILES string of the molecule is O=C(Nc1nc2c(C(=O)Nc3nc4ccccc4[nH]3)cccc2[nH]1)c1cc2ccccc2cn1. The Morgan fingerprint density at radius 1 is 0.706 bits per heavy atom. The average molecular weight is 447 g/mol. The summed E-state index contributed by atoms with van der Waals surface area (Å²) in [7, 11) is 0. The molecule has 6 rings (SSSR count). The molecule has 9 heteroatoms. The van der Waals surface area contributed by atoms with Gasteiger partial charge in [-0.05, 0) is 35.7 Å². The van der Waals surface area contributed by atoms with Gasteiger partial charge in [-0.2, -0.15) is 0 Å². The lowest BCUT2D eigenvalue weighted by Crippen LogP contribution is -2.15. The number of H-pyrrole nitrogens is 2. The second-order valence-corrected chi connectivity index (χ2v) is 7.71. The number of carbonyl (C=O) groups is 2. The van der Waals surface area contributed by atoms with Crippen molar-refractivity contribution in [1.82, 2.24) is 24.9 Å². The highest BCUT2D eigenvalue weighted by Crippen LogP contribution is 2.21. The van der Waals surface area contributed by atoms with Gasteiger partial charge in [-0.1, -0.05) is 42.5 Å². The molecule has 0 saturated heterocycles. The number of aromatic amines is 2. The Kier molecular flexibility index (Phi) is 4.51. The van der Waals surface area contributed by atoms with Crippen LogP contribution in [0.25, 0.3) is 32.8 Å². The number of nitrogens with one attached hydrogen (secondary N) is 4. The predicted molar refractivity (Wildman–Crippen MR) is 130 cm³/mol. The minimum absolute atomic E-state index is 0.221. The van der Waals surface area contributed by atoms with Gasteiger partial charge in [0.25, 0.3) is 11.8 Å². The number of amides is 2. The molecule has 0 saturated carbocycles. The fraction of sp³-hybridized carbons (Fsp3) is 0. The summed E-state index contributed by atoms with van der Waals surface area (Å²) < 4.78 is 0. The lowest BCUT2D eigenvalue weighted by Gasteiger charge is -2.03. The van der Waals surface area contributed by atoms with Crippen molar-refractivity contribution in [3.8, 4) is 0 Å². The molecule has 3 heterocycles. The predicted octanol–water partition coefficient (Wildman–Crippen LogP) is 4.49. The third-order valence-corrected chi connectivity index (χ3v) is 5.47. The zero-order valence-corrected chi connectivity index (χ0v) is 17.7. The second kappa shape index (κ2) is 7.82.